The molecule has 2 rings (SSSR count). The van der Waals surface area contributed by atoms with E-state index in [1.807, 2.05) is 0 Å². The van der Waals surface area contributed by atoms with Crippen molar-refractivity contribution in [3.8, 4) is 0 Å². The van der Waals surface area contributed by atoms with E-state index in [4.69, 9.17) is 4.74 Å². The third-order valence-corrected chi connectivity index (χ3v) is 4.74. The van der Waals surface area contributed by atoms with Gasteiger partial charge in [0, 0.05) is 24.5 Å². The summed E-state index contributed by atoms with van der Waals surface area (Å²) in [6.07, 6.45) is 6.69. The van der Waals surface area contributed by atoms with Gasteiger partial charge in [0.25, 0.3) is 0 Å². The summed E-state index contributed by atoms with van der Waals surface area (Å²) in [5.41, 5.74) is 0. The monoisotopic (exact) mass is 317 g/mol. The minimum Gasteiger partial charge on any atom is -0.377 e. The van der Waals surface area contributed by atoms with Crippen LogP contribution in [0.25, 0.3) is 0 Å². The molecule has 0 aliphatic carbocycles. The van der Waals surface area contributed by atoms with E-state index in [9.17, 15) is 4.79 Å². The standard InChI is InChI=1S/C14H24BrNO2/c1-2-13-12(7-10-18-13)14(17)16-9-4-3-5-11(16)6-8-15/h11-13H,2-10H2,1H3. The highest BCUT2D eigenvalue weighted by Gasteiger charge is 2.38. The number of hydrogen-bond acceptors (Lipinski definition) is 2. The quantitative estimate of drug-likeness (QED) is 0.746. The van der Waals surface area contributed by atoms with Crippen LogP contribution in [0.3, 0.4) is 0 Å². The van der Waals surface area contributed by atoms with Gasteiger partial charge in [-0.2, -0.15) is 0 Å². The molecule has 104 valence electrons. The Bertz CT molecular complexity index is 283. The van der Waals surface area contributed by atoms with Crippen LogP contribution in [0.4, 0.5) is 0 Å². The minimum absolute atomic E-state index is 0.117. The first-order chi connectivity index (χ1) is 8.77. The Balaban J connectivity index is 2.01. The van der Waals surface area contributed by atoms with Gasteiger partial charge in [-0.25, -0.2) is 0 Å². The molecule has 2 aliphatic heterocycles. The molecule has 0 spiro atoms. The fourth-order valence-electron chi connectivity index (χ4n) is 3.26. The van der Waals surface area contributed by atoms with Crippen molar-refractivity contribution in [1.82, 2.24) is 4.90 Å². The summed E-state index contributed by atoms with van der Waals surface area (Å²) in [5, 5.41) is 0.986. The van der Waals surface area contributed by atoms with Crippen molar-refractivity contribution in [3.05, 3.63) is 0 Å². The molecule has 3 nitrogen and oxygen atoms in total. The van der Waals surface area contributed by atoms with E-state index in [2.05, 4.69) is 27.8 Å². The number of hydrogen-bond donors (Lipinski definition) is 0. The van der Waals surface area contributed by atoms with Gasteiger partial charge >= 0.3 is 0 Å². The Labute approximate surface area is 118 Å². The SMILES string of the molecule is CCC1OCCC1C(=O)N1CCCCC1CCBr. The van der Waals surface area contributed by atoms with Crippen LogP contribution < -0.4 is 0 Å². The van der Waals surface area contributed by atoms with Crippen molar-refractivity contribution in [1.29, 1.82) is 0 Å². The molecule has 2 heterocycles. The lowest BCUT2D eigenvalue weighted by atomic mass is 9.93. The third kappa shape index (κ3) is 3.08. The Morgan fingerprint density at radius 3 is 2.94 bits per heavy atom. The number of nitrogens with zero attached hydrogens (tertiary/aromatic N) is 1. The van der Waals surface area contributed by atoms with E-state index >= 15 is 0 Å². The number of ether oxygens (including phenoxy) is 1. The fraction of sp³-hybridized carbons (Fsp3) is 0.929. The van der Waals surface area contributed by atoms with Crippen LogP contribution in [0.5, 0.6) is 0 Å². The summed E-state index contributed by atoms with van der Waals surface area (Å²) in [7, 11) is 0. The molecule has 0 aromatic heterocycles. The Kier molecular flexibility index (Phi) is 5.49. The van der Waals surface area contributed by atoms with Crippen molar-refractivity contribution in [2.45, 2.75) is 57.6 Å². The molecule has 18 heavy (non-hydrogen) atoms. The molecule has 0 saturated carbocycles. The highest BCUT2D eigenvalue weighted by molar-refractivity contribution is 9.09. The smallest absolute Gasteiger partial charge is 0.228 e. The van der Waals surface area contributed by atoms with Crippen LogP contribution in [0, 0.1) is 5.92 Å². The Morgan fingerprint density at radius 1 is 1.39 bits per heavy atom. The average Bonchev–Trinajstić information content (AvgIpc) is 2.87. The molecule has 3 unspecified atom stereocenters. The molecule has 4 heteroatoms. The molecule has 2 saturated heterocycles. The molecule has 2 fully saturated rings. The number of likely N-dealkylation sites (tertiary alicyclic amines) is 1. The summed E-state index contributed by atoms with van der Waals surface area (Å²) in [4.78, 5) is 14.8. The van der Waals surface area contributed by atoms with Crippen LogP contribution in [-0.2, 0) is 9.53 Å². The molecular formula is C14H24BrNO2. The Morgan fingerprint density at radius 2 is 2.22 bits per heavy atom. The van der Waals surface area contributed by atoms with Gasteiger partial charge in [0.1, 0.15) is 0 Å². The van der Waals surface area contributed by atoms with Crippen LogP contribution in [-0.4, -0.2) is 41.4 Å². The molecule has 0 aromatic rings. The van der Waals surface area contributed by atoms with E-state index in [-0.39, 0.29) is 12.0 Å². The third-order valence-electron chi connectivity index (χ3n) is 4.28. The normalized spacial score (nSPS) is 32.8. The molecule has 3 atom stereocenters. The molecule has 0 radical (unpaired) electrons. The van der Waals surface area contributed by atoms with Gasteiger partial charge in [0.15, 0.2) is 0 Å². The minimum atomic E-state index is 0.117. The summed E-state index contributed by atoms with van der Waals surface area (Å²) in [6, 6.07) is 0.448. The zero-order chi connectivity index (χ0) is 13.0. The fourth-order valence-corrected chi connectivity index (χ4v) is 3.79. The van der Waals surface area contributed by atoms with Gasteiger partial charge < -0.3 is 9.64 Å². The number of piperidine rings is 1. The predicted molar refractivity (Wildman–Crippen MR) is 75.9 cm³/mol. The van der Waals surface area contributed by atoms with Crippen molar-refractivity contribution in [2.75, 3.05) is 18.5 Å². The van der Waals surface area contributed by atoms with Gasteiger partial charge in [0.05, 0.1) is 12.0 Å². The first-order valence-electron chi connectivity index (χ1n) is 7.26. The molecule has 0 aromatic carbocycles. The maximum Gasteiger partial charge on any atom is 0.228 e. The lowest BCUT2D eigenvalue weighted by Gasteiger charge is -2.37. The van der Waals surface area contributed by atoms with E-state index in [0.717, 1.165) is 44.2 Å². The second kappa shape index (κ2) is 6.90. The maximum atomic E-state index is 12.7. The zero-order valence-electron chi connectivity index (χ0n) is 11.2. The molecule has 0 N–H and O–H groups in total. The second-order valence-corrected chi connectivity index (χ2v) is 6.16. The Hall–Kier alpha value is -0.0900. The van der Waals surface area contributed by atoms with Crippen LogP contribution in [0.15, 0.2) is 0 Å². The number of carbonyl (C=O) groups is 1. The number of carbonyl (C=O) groups excluding carboxylic acids is 1. The first kappa shape index (κ1) is 14.3. The lowest BCUT2D eigenvalue weighted by Crippen LogP contribution is -2.48. The lowest BCUT2D eigenvalue weighted by molar-refractivity contribution is -0.141. The highest BCUT2D eigenvalue weighted by Crippen LogP contribution is 2.29. The zero-order valence-corrected chi connectivity index (χ0v) is 12.8. The number of halogens is 1. The molecule has 1 amide bonds. The predicted octanol–water partition coefficient (Wildman–Crippen LogP) is 2.97. The number of rotatable bonds is 4. The number of alkyl halides is 1. The molecule has 2 aliphatic rings. The van der Waals surface area contributed by atoms with E-state index < -0.39 is 0 Å². The molecular weight excluding hydrogens is 294 g/mol. The highest BCUT2D eigenvalue weighted by atomic mass is 79.9. The van der Waals surface area contributed by atoms with Crippen molar-refractivity contribution >= 4 is 21.8 Å². The van der Waals surface area contributed by atoms with E-state index in [0.29, 0.717) is 11.9 Å². The summed E-state index contributed by atoms with van der Waals surface area (Å²) < 4.78 is 5.67. The largest absolute Gasteiger partial charge is 0.377 e. The second-order valence-electron chi connectivity index (χ2n) is 5.37. The van der Waals surface area contributed by atoms with Gasteiger partial charge in [-0.1, -0.05) is 22.9 Å². The summed E-state index contributed by atoms with van der Waals surface area (Å²) >= 11 is 3.51. The van der Waals surface area contributed by atoms with Crippen molar-refractivity contribution in [2.24, 2.45) is 5.92 Å². The maximum absolute atomic E-state index is 12.7. The van der Waals surface area contributed by atoms with Crippen molar-refractivity contribution in [3.63, 3.8) is 0 Å². The van der Waals surface area contributed by atoms with Crippen LogP contribution in [0.1, 0.15) is 45.4 Å². The average molecular weight is 318 g/mol. The summed E-state index contributed by atoms with van der Waals surface area (Å²) in [6.45, 7) is 3.82. The summed E-state index contributed by atoms with van der Waals surface area (Å²) in [5.74, 6) is 0.468. The van der Waals surface area contributed by atoms with Crippen LogP contribution >= 0.6 is 15.9 Å². The van der Waals surface area contributed by atoms with Gasteiger partial charge in [-0.15, -0.1) is 0 Å². The van der Waals surface area contributed by atoms with Gasteiger partial charge in [-0.05, 0) is 38.5 Å². The van der Waals surface area contributed by atoms with E-state index in [1.165, 1.54) is 12.8 Å². The first-order valence-corrected chi connectivity index (χ1v) is 8.38. The van der Waals surface area contributed by atoms with Gasteiger partial charge in [0.2, 0.25) is 5.91 Å². The van der Waals surface area contributed by atoms with Crippen LogP contribution in [0.2, 0.25) is 0 Å². The van der Waals surface area contributed by atoms with Gasteiger partial charge in [-0.3, -0.25) is 4.79 Å². The van der Waals surface area contributed by atoms with Crippen molar-refractivity contribution < 1.29 is 9.53 Å². The number of amides is 1. The topological polar surface area (TPSA) is 29.5 Å². The molecule has 0 bridgehead atoms. The van der Waals surface area contributed by atoms with E-state index in [1.54, 1.807) is 0 Å².